The first-order valence-electron chi connectivity index (χ1n) is 6.13. The van der Waals surface area contributed by atoms with Gasteiger partial charge in [-0.3, -0.25) is 4.79 Å². The van der Waals surface area contributed by atoms with Crippen molar-refractivity contribution in [2.24, 2.45) is 5.10 Å². The van der Waals surface area contributed by atoms with Gasteiger partial charge < -0.3 is 4.74 Å². The van der Waals surface area contributed by atoms with Gasteiger partial charge in [-0.25, -0.2) is 15.4 Å². The van der Waals surface area contributed by atoms with E-state index in [1.807, 2.05) is 30.3 Å². The Morgan fingerprint density at radius 3 is 2.71 bits per heavy atom. The van der Waals surface area contributed by atoms with Crippen LogP contribution in [-0.2, 0) is 4.79 Å². The minimum absolute atomic E-state index is 0.193. The molecule has 0 bridgehead atoms. The first-order chi connectivity index (χ1) is 10.3. The van der Waals surface area contributed by atoms with Crippen LogP contribution < -0.4 is 10.2 Å². The number of thioether (sulfide) groups is 1. The second kappa shape index (κ2) is 8.01. The fourth-order valence-electron chi connectivity index (χ4n) is 1.36. The van der Waals surface area contributed by atoms with E-state index >= 15 is 0 Å². The van der Waals surface area contributed by atoms with Crippen molar-refractivity contribution in [3.63, 3.8) is 0 Å². The summed E-state index contributed by atoms with van der Waals surface area (Å²) in [5.41, 5.74) is 3.37. The fourth-order valence-corrected chi connectivity index (χ4v) is 1.94. The molecule has 0 aliphatic heterocycles. The van der Waals surface area contributed by atoms with E-state index in [0.717, 1.165) is 5.56 Å². The Morgan fingerprint density at radius 1 is 1.33 bits per heavy atom. The summed E-state index contributed by atoms with van der Waals surface area (Å²) in [5.74, 6) is 0.557. The number of nitrogens with zero attached hydrogens (tertiary/aromatic N) is 3. The van der Waals surface area contributed by atoms with Gasteiger partial charge in [-0.1, -0.05) is 42.1 Å². The van der Waals surface area contributed by atoms with Crippen LogP contribution in [-0.4, -0.2) is 35.0 Å². The predicted octanol–water partition coefficient (Wildman–Crippen LogP) is 1.73. The van der Waals surface area contributed by atoms with Gasteiger partial charge in [-0.15, -0.1) is 0 Å². The van der Waals surface area contributed by atoms with Gasteiger partial charge in [0.1, 0.15) is 0 Å². The first-order valence-corrected chi connectivity index (χ1v) is 7.12. The molecule has 6 nitrogen and oxygen atoms in total. The number of methoxy groups -OCH3 is 1. The Hall–Kier alpha value is -2.41. The number of hydrazone groups is 1. The van der Waals surface area contributed by atoms with E-state index in [1.54, 1.807) is 25.7 Å². The maximum Gasteiger partial charge on any atom is 0.250 e. The molecule has 21 heavy (non-hydrogen) atoms. The quantitative estimate of drug-likeness (QED) is 0.380. The number of aromatic nitrogens is 2. The van der Waals surface area contributed by atoms with E-state index in [-0.39, 0.29) is 11.7 Å². The molecule has 2 aromatic rings. The third-order valence-electron chi connectivity index (χ3n) is 2.37. The lowest BCUT2D eigenvalue weighted by Crippen LogP contribution is -2.19. The van der Waals surface area contributed by atoms with Gasteiger partial charge in [-0.05, 0) is 5.56 Å². The predicted molar refractivity (Wildman–Crippen MR) is 81.5 cm³/mol. The summed E-state index contributed by atoms with van der Waals surface area (Å²) in [6, 6.07) is 9.52. The number of carbonyl (C=O) groups excluding carboxylic acids is 1. The molecule has 1 aromatic carbocycles. The lowest BCUT2D eigenvalue weighted by atomic mass is 10.2. The summed E-state index contributed by atoms with van der Waals surface area (Å²) in [6.45, 7) is 0. The van der Waals surface area contributed by atoms with Gasteiger partial charge in [0.15, 0.2) is 10.9 Å². The molecule has 1 amide bonds. The molecule has 0 fully saturated rings. The molecule has 2 rings (SSSR count). The Bertz CT molecular complexity index is 602. The van der Waals surface area contributed by atoms with E-state index in [2.05, 4.69) is 20.5 Å². The molecule has 0 saturated carbocycles. The van der Waals surface area contributed by atoms with E-state index in [1.165, 1.54) is 11.8 Å². The second-order valence-electron chi connectivity index (χ2n) is 3.90. The largest absolute Gasteiger partial charge is 0.494 e. The molecule has 0 aliphatic rings. The molecule has 0 aliphatic carbocycles. The van der Waals surface area contributed by atoms with E-state index in [9.17, 15) is 4.79 Å². The van der Waals surface area contributed by atoms with Crippen LogP contribution in [0.2, 0.25) is 0 Å². The number of rotatable bonds is 6. The highest BCUT2D eigenvalue weighted by Gasteiger charge is 2.04. The minimum atomic E-state index is -0.216. The van der Waals surface area contributed by atoms with E-state index in [0.29, 0.717) is 10.9 Å². The average Bonchev–Trinajstić information content (AvgIpc) is 2.54. The van der Waals surface area contributed by atoms with Gasteiger partial charge in [-0.2, -0.15) is 5.10 Å². The summed E-state index contributed by atoms with van der Waals surface area (Å²) < 4.78 is 4.96. The summed E-state index contributed by atoms with van der Waals surface area (Å²) in [6.07, 6.45) is 4.70. The molecule has 0 radical (unpaired) electrons. The van der Waals surface area contributed by atoms with Gasteiger partial charge in [0.25, 0.3) is 5.91 Å². The SMILES string of the molecule is COc1cnc(SCC(=O)N/N=C\c2ccccc2)nc1. The summed E-state index contributed by atoms with van der Waals surface area (Å²) in [7, 11) is 1.55. The van der Waals surface area contributed by atoms with Crippen LogP contribution in [0.15, 0.2) is 53.0 Å². The highest BCUT2D eigenvalue weighted by Crippen LogP contribution is 2.14. The van der Waals surface area contributed by atoms with Crippen LogP contribution >= 0.6 is 11.8 Å². The summed E-state index contributed by atoms with van der Waals surface area (Å²) in [4.78, 5) is 19.7. The fraction of sp³-hybridized carbons (Fsp3) is 0.143. The molecule has 1 aromatic heterocycles. The van der Waals surface area contributed by atoms with Gasteiger partial charge in [0.05, 0.1) is 31.5 Å². The monoisotopic (exact) mass is 302 g/mol. The van der Waals surface area contributed by atoms with Crippen molar-refractivity contribution < 1.29 is 9.53 Å². The molecule has 0 atom stereocenters. The van der Waals surface area contributed by atoms with Crippen molar-refractivity contribution in [2.75, 3.05) is 12.9 Å². The maximum absolute atomic E-state index is 11.6. The summed E-state index contributed by atoms with van der Waals surface area (Å²) >= 11 is 1.23. The van der Waals surface area contributed by atoms with Crippen molar-refractivity contribution in [1.82, 2.24) is 15.4 Å². The van der Waals surface area contributed by atoms with E-state index in [4.69, 9.17) is 4.74 Å². The first kappa shape index (κ1) is 15.0. The Labute approximate surface area is 126 Å². The molecule has 0 unspecified atom stereocenters. The number of hydrogen-bond acceptors (Lipinski definition) is 6. The highest BCUT2D eigenvalue weighted by atomic mass is 32.2. The zero-order valence-electron chi connectivity index (χ0n) is 11.4. The van der Waals surface area contributed by atoms with Crippen LogP contribution in [0.3, 0.4) is 0 Å². The number of hydrogen-bond donors (Lipinski definition) is 1. The number of ether oxygens (including phenoxy) is 1. The van der Waals surface area contributed by atoms with Gasteiger partial charge >= 0.3 is 0 Å². The third-order valence-corrected chi connectivity index (χ3v) is 3.25. The Kier molecular flexibility index (Phi) is 5.71. The van der Waals surface area contributed by atoms with Crippen molar-refractivity contribution in [3.8, 4) is 5.75 Å². The molecule has 0 saturated heterocycles. The molecule has 0 spiro atoms. The smallest absolute Gasteiger partial charge is 0.250 e. The van der Waals surface area contributed by atoms with Crippen LogP contribution in [0.1, 0.15) is 5.56 Å². The standard InChI is InChI=1S/C14H14N4O2S/c1-20-12-8-15-14(16-9-12)21-10-13(19)18-17-7-11-5-3-2-4-6-11/h2-9H,10H2,1H3,(H,18,19)/b17-7-. The zero-order valence-corrected chi connectivity index (χ0v) is 12.2. The number of amides is 1. The van der Waals surface area contributed by atoms with Crippen LogP contribution in [0.5, 0.6) is 5.75 Å². The topological polar surface area (TPSA) is 76.5 Å². The summed E-state index contributed by atoms with van der Waals surface area (Å²) in [5, 5.41) is 4.39. The van der Waals surface area contributed by atoms with Crippen molar-refractivity contribution >= 4 is 23.9 Å². The molecule has 108 valence electrons. The van der Waals surface area contributed by atoms with Crippen LogP contribution in [0.4, 0.5) is 0 Å². The zero-order chi connectivity index (χ0) is 14.9. The number of carbonyl (C=O) groups is 1. The Balaban J connectivity index is 1.75. The minimum Gasteiger partial charge on any atom is -0.494 e. The van der Waals surface area contributed by atoms with Crippen LogP contribution in [0.25, 0.3) is 0 Å². The lowest BCUT2D eigenvalue weighted by molar-refractivity contribution is -0.118. The van der Waals surface area contributed by atoms with Gasteiger partial charge in [0.2, 0.25) is 0 Å². The third kappa shape index (κ3) is 5.23. The second-order valence-corrected chi connectivity index (χ2v) is 4.84. The number of nitrogens with one attached hydrogen (secondary N) is 1. The molecule has 1 heterocycles. The Morgan fingerprint density at radius 2 is 2.05 bits per heavy atom. The van der Waals surface area contributed by atoms with Crippen molar-refractivity contribution in [1.29, 1.82) is 0 Å². The molecular weight excluding hydrogens is 288 g/mol. The van der Waals surface area contributed by atoms with Crippen LogP contribution in [0, 0.1) is 0 Å². The number of benzene rings is 1. The molecule has 1 N–H and O–H groups in total. The van der Waals surface area contributed by atoms with Crippen molar-refractivity contribution in [2.45, 2.75) is 5.16 Å². The maximum atomic E-state index is 11.6. The highest BCUT2D eigenvalue weighted by molar-refractivity contribution is 7.99. The molecular formula is C14H14N4O2S. The van der Waals surface area contributed by atoms with Gasteiger partial charge in [0, 0.05) is 0 Å². The molecule has 7 heteroatoms. The van der Waals surface area contributed by atoms with Crippen molar-refractivity contribution in [3.05, 3.63) is 48.3 Å². The van der Waals surface area contributed by atoms with E-state index < -0.39 is 0 Å². The lowest BCUT2D eigenvalue weighted by Gasteiger charge is -2.01. The average molecular weight is 302 g/mol. The normalized spacial score (nSPS) is 10.5.